The number of aromatic nitrogens is 3. The lowest BCUT2D eigenvalue weighted by molar-refractivity contribution is 0.546. The fourth-order valence-electron chi connectivity index (χ4n) is 2.56. The molecule has 2 heterocycles. The lowest BCUT2D eigenvalue weighted by atomic mass is 10.1. The zero-order valence-electron chi connectivity index (χ0n) is 14.3. The van der Waals surface area contributed by atoms with Gasteiger partial charge in [0.15, 0.2) is 10.8 Å². The summed E-state index contributed by atoms with van der Waals surface area (Å²) >= 11 is 5.42. The van der Waals surface area contributed by atoms with Gasteiger partial charge in [-0.2, -0.15) is 5.10 Å². The number of nitrogens with one attached hydrogen (secondary N) is 2. The van der Waals surface area contributed by atoms with Gasteiger partial charge in [0.25, 0.3) is 0 Å². The highest BCUT2D eigenvalue weighted by molar-refractivity contribution is 7.80. The molecule has 0 aliphatic rings. The molecule has 0 fully saturated rings. The zero-order valence-corrected chi connectivity index (χ0v) is 15.1. The lowest BCUT2D eigenvalue weighted by Crippen LogP contribution is -2.19. The third-order valence-corrected chi connectivity index (χ3v) is 4.24. The van der Waals surface area contributed by atoms with Gasteiger partial charge in [-0.15, -0.1) is 0 Å². The highest BCUT2D eigenvalue weighted by atomic mass is 32.1. The van der Waals surface area contributed by atoms with Gasteiger partial charge >= 0.3 is 0 Å². The van der Waals surface area contributed by atoms with Crippen molar-refractivity contribution in [3.8, 4) is 0 Å². The summed E-state index contributed by atoms with van der Waals surface area (Å²) in [6, 6.07) is 8.40. The predicted octanol–water partition coefficient (Wildman–Crippen LogP) is 4.44. The molecule has 0 amide bonds. The Morgan fingerprint density at radius 3 is 2.71 bits per heavy atom. The first-order chi connectivity index (χ1) is 11.5. The van der Waals surface area contributed by atoms with Crippen LogP contribution in [-0.4, -0.2) is 19.9 Å². The second kappa shape index (κ2) is 6.57. The van der Waals surface area contributed by atoms with Crippen LogP contribution in [-0.2, 0) is 0 Å². The third kappa shape index (κ3) is 3.23. The van der Waals surface area contributed by atoms with Gasteiger partial charge in [-0.25, -0.2) is 9.67 Å². The van der Waals surface area contributed by atoms with E-state index < -0.39 is 0 Å². The Bertz CT molecular complexity index is 898. The van der Waals surface area contributed by atoms with Crippen molar-refractivity contribution in [1.82, 2.24) is 14.8 Å². The van der Waals surface area contributed by atoms with Crippen molar-refractivity contribution in [2.45, 2.75) is 33.7 Å². The number of aryl methyl sites for hydroxylation is 1. The minimum absolute atomic E-state index is 0.279. The molecule has 0 unspecified atom stereocenters. The van der Waals surface area contributed by atoms with Crippen LogP contribution in [0.15, 0.2) is 36.7 Å². The Hall–Kier alpha value is -2.47. The van der Waals surface area contributed by atoms with Gasteiger partial charge in [0.05, 0.1) is 18.1 Å². The van der Waals surface area contributed by atoms with E-state index in [1.165, 1.54) is 11.1 Å². The molecule has 124 valence electrons. The molecule has 3 aromatic rings. The molecule has 1 aromatic carbocycles. The zero-order chi connectivity index (χ0) is 17.3. The van der Waals surface area contributed by atoms with Crippen molar-refractivity contribution in [3.05, 3.63) is 47.8 Å². The molecule has 6 heteroatoms. The van der Waals surface area contributed by atoms with Crippen LogP contribution >= 0.6 is 12.2 Å². The van der Waals surface area contributed by atoms with Gasteiger partial charge in [0, 0.05) is 17.1 Å². The maximum absolute atomic E-state index is 5.42. The van der Waals surface area contributed by atoms with E-state index in [9.17, 15) is 0 Å². The van der Waals surface area contributed by atoms with Crippen molar-refractivity contribution in [2.24, 2.45) is 0 Å². The maximum Gasteiger partial charge on any atom is 0.175 e. The van der Waals surface area contributed by atoms with Crippen molar-refractivity contribution in [3.63, 3.8) is 0 Å². The summed E-state index contributed by atoms with van der Waals surface area (Å²) in [4.78, 5) is 4.50. The SMILES string of the molecule is Cc1cccc(NC(=S)Nc2cnc3c(cnn3C(C)C)c2)c1C. The lowest BCUT2D eigenvalue weighted by Gasteiger charge is -2.14. The summed E-state index contributed by atoms with van der Waals surface area (Å²) in [5.41, 5.74) is 5.15. The Morgan fingerprint density at radius 1 is 1.17 bits per heavy atom. The minimum Gasteiger partial charge on any atom is -0.332 e. The van der Waals surface area contributed by atoms with Gasteiger partial charge in [0.1, 0.15) is 0 Å². The van der Waals surface area contributed by atoms with Crippen molar-refractivity contribution in [2.75, 3.05) is 10.6 Å². The van der Waals surface area contributed by atoms with Gasteiger partial charge in [-0.3, -0.25) is 0 Å². The molecule has 0 aliphatic heterocycles. The number of thiocarbonyl (C=S) groups is 1. The Labute approximate surface area is 147 Å². The van der Waals surface area contributed by atoms with Gasteiger partial charge in [-0.1, -0.05) is 12.1 Å². The van der Waals surface area contributed by atoms with Crippen LogP contribution in [0.1, 0.15) is 31.0 Å². The van der Waals surface area contributed by atoms with Crippen molar-refractivity contribution in [1.29, 1.82) is 0 Å². The first kappa shape index (κ1) is 16.4. The molecule has 0 saturated heterocycles. The Balaban J connectivity index is 1.77. The predicted molar refractivity (Wildman–Crippen MR) is 104 cm³/mol. The molecule has 0 radical (unpaired) electrons. The summed E-state index contributed by atoms with van der Waals surface area (Å²) in [5, 5.41) is 12.3. The summed E-state index contributed by atoms with van der Waals surface area (Å²) in [6.07, 6.45) is 3.61. The van der Waals surface area contributed by atoms with Crippen LogP contribution in [0.5, 0.6) is 0 Å². The monoisotopic (exact) mass is 339 g/mol. The maximum atomic E-state index is 5.42. The minimum atomic E-state index is 0.279. The highest BCUT2D eigenvalue weighted by Crippen LogP contribution is 2.21. The molecule has 5 nitrogen and oxygen atoms in total. The van der Waals surface area contributed by atoms with Crippen LogP contribution in [0.25, 0.3) is 11.0 Å². The smallest absolute Gasteiger partial charge is 0.175 e. The second-order valence-electron chi connectivity index (χ2n) is 6.15. The van der Waals surface area contributed by atoms with E-state index in [2.05, 4.69) is 54.5 Å². The van der Waals surface area contributed by atoms with E-state index in [1.54, 1.807) is 6.20 Å². The number of hydrogen-bond acceptors (Lipinski definition) is 3. The molecule has 0 bridgehead atoms. The van der Waals surface area contributed by atoms with Crippen LogP contribution in [0, 0.1) is 13.8 Å². The van der Waals surface area contributed by atoms with Gasteiger partial charge in [0.2, 0.25) is 0 Å². The standard InChI is InChI=1S/C18H21N5S/c1-11(2)23-17-14(9-20-23)8-15(10-19-17)21-18(24)22-16-7-5-6-12(3)13(16)4/h5-11H,1-4H3,(H2,21,22,24). The number of anilines is 2. The van der Waals surface area contributed by atoms with E-state index in [0.29, 0.717) is 5.11 Å². The fourth-order valence-corrected chi connectivity index (χ4v) is 2.79. The molecule has 0 spiro atoms. The molecule has 0 aliphatic carbocycles. The number of benzene rings is 1. The molecule has 2 N–H and O–H groups in total. The molecular weight excluding hydrogens is 318 g/mol. The van der Waals surface area contributed by atoms with Crippen molar-refractivity contribution < 1.29 is 0 Å². The van der Waals surface area contributed by atoms with E-state index in [0.717, 1.165) is 22.4 Å². The van der Waals surface area contributed by atoms with Crippen LogP contribution in [0.3, 0.4) is 0 Å². The summed E-state index contributed by atoms with van der Waals surface area (Å²) in [7, 11) is 0. The number of nitrogens with zero attached hydrogens (tertiary/aromatic N) is 3. The quantitative estimate of drug-likeness (QED) is 0.691. The topological polar surface area (TPSA) is 54.8 Å². The first-order valence-electron chi connectivity index (χ1n) is 7.93. The molecule has 3 rings (SSSR count). The normalized spacial score (nSPS) is 11.0. The van der Waals surface area contributed by atoms with Crippen LogP contribution in [0.4, 0.5) is 11.4 Å². The number of hydrogen-bond donors (Lipinski definition) is 2. The molecule has 0 saturated carbocycles. The van der Waals surface area contributed by atoms with E-state index >= 15 is 0 Å². The van der Waals surface area contributed by atoms with E-state index in [4.69, 9.17) is 12.2 Å². The number of fused-ring (bicyclic) bond motifs is 1. The fraction of sp³-hybridized carbons (Fsp3) is 0.278. The average Bonchev–Trinajstić information content (AvgIpc) is 2.95. The number of pyridine rings is 1. The van der Waals surface area contributed by atoms with Gasteiger partial charge in [-0.05, 0) is 63.2 Å². The number of rotatable bonds is 3. The molecule has 0 atom stereocenters. The summed E-state index contributed by atoms with van der Waals surface area (Å²) in [5.74, 6) is 0. The third-order valence-electron chi connectivity index (χ3n) is 4.03. The second-order valence-corrected chi connectivity index (χ2v) is 6.55. The summed E-state index contributed by atoms with van der Waals surface area (Å²) in [6.45, 7) is 8.34. The molecule has 2 aromatic heterocycles. The Kier molecular flexibility index (Phi) is 4.49. The summed E-state index contributed by atoms with van der Waals surface area (Å²) < 4.78 is 1.91. The van der Waals surface area contributed by atoms with Gasteiger partial charge < -0.3 is 10.6 Å². The average molecular weight is 339 g/mol. The van der Waals surface area contributed by atoms with Crippen molar-refractivity contribution >= 4 is 39.7 Å². The Morgan fingerprint density at radius 2 is 1.96 bits per heavy atom. The van der Waals surface area contributed by atoms with E-state index in [1.807, 2.05) is 29.1 Å². The van der Waals surface area contributed by atoms with E-state index in [-0.39, 0.29) is 6.04 Å². The first-order valence-corrected chi connectivity index (χ1v) is 8.34. The van der Waals surface area contributed by atoms with Crippen LogP contribution < -0.4 is 10.6 Å². The van der Waals surface area contributed by atoms with Crippen LogP contribution in [0.2, 0.25) is 0 Å². The largest absolute Gasteiger partial charge is 0.332 e. The molecular formula is C18H21N5S. The molecule has 24 heavy (non-hydrogen) atoms. The highest BCUT2D eigenvalue weighted by Gasteiger charge is 2.09.